The van der Waals surface area contributed by atoms with Crippen molar-refractivity contribution >= 4 is 12.1 Å². The molecule has 0 radical (unpaired) electrons. The SMILES string of the molecule is O=C(NCC#Cc1cccc(C2(C(=O)O)CC2)c1)OCc1ccccc1. The summed E-state index contributed by atoms with van der Waals surface area (Å²) in [4.78, 5) is 23.0. The molecule has 0 aromatic heterocycles. The fraction of sp³-hybridized carbons (Fsp3) is 0.238. The molecule has 1 saturated carbocycles. The van der Waals surface area contributed by atoms with Crippen LogP contribution in [-0.2, 0) is 21.6 Å². The van der Waals surface area contributed by atoms with Crippen LogP contribution in [0.4, 0.5) is 4.79 Å². The number of hydrogen-bond donors (Lipinski definition) is 2. The minimum atomic E-state index is -0.787. The Bertz CT molecular complexity index is 860. The van der Waals surface area contributed by atoms with E-state index in [1.807, 2.05) is 54.6 Å². The van der Waals surface area contributed by atoms with E-state index in [1.54, 1.807) is 0 Å². The molecule has 1 aliphatic rings. The van der Waals surface area contributed by atoms with Gasteiger partial charge in [-0.3, -0.25) is 4.79 Å². The number of hydrogen-bond acceptors (Lipinski definition) is 3. The second-order valence-electron chi connectivity index (χ2n) is 6.19. The summed E-state index contributed by atoms with van der Waals surface area (Å²) < 4.78 is 5.10. The van der Waals surface area contributed by atoms with Crippen LogP contribution in [0.3, 0.4) is 0 Å². The largest absolute Gasteiger partial charge is 0.481 e. The molecule has 3 rings (SSSR count). The molecule has 0 atom stereocenters. The van der Waals surface area contributed by atoms with Gasteiger partial charge in [0, 0.05) is 5.56 Å². The smallest absolute Gasteiger partial charge is 0.408 e. The van der Waals surface area contributed by atoms with Crippen molar-refractivity contribution < 1.29 is 19.4 Å². The second-order valence-corrected chi connectivity index (χ2v) is 6.19. The van der Waals surface area contributed by atoms with Crippen molar-refractivity contribution in [1.29, 1.82) is 0 Å². The highest BCUT2D eigenvalue weighted by molar-refractivity contribution is 5.85. The Morgan fingerprint density at radius 2 is 1.88 bits per heavy atom. The first-order chi connectivity index (χ1) is 12.6. The number of carbonyl (C=O) groups excluding carboxylic acids is 1. The third kappa shape index (κ3) is 4.22. The zero-order valence-electron chi connectivity index (χ0n) is 14.2. The number of alkyl carbamates (subject to hydrolysis) is 1. The van der Waals surface area contributed by atoms with E-state index < -0.39 is 17.5 Å². The van der Waals surface area contributed by atoms with E-state index in [0.717, 1.165) is 16.7 Å². The van der Waals surface area contributed by atoms with Crippen LogP contribution in [-0.4, -0.2) is 23.7 Å². The molecular weight excluding hydrogens is 330 g/mol. The van der Waals surface area contributed by atoms with Crippen molar-refractivity contribution in [2.75, 3.05) is 6.54 Å². The van der Waals surface area contributed by atoms with Gasteiger partial charge in [-0.1, -0.05) is 54.3 Å². The average Bonchev–Trinajstić information content (AvgIpc) is 3.47. The van der Waals surface area contributed by atoms with Gasteiger partial charge in [0.1, 0.15) is 6.61 Å². The number of ether oxygens (including phenoxy) is 1. The molecule has 1 aliphatic carbocycles. The molecule has 5 nitrogen and oxygen atoms in total. The summed E-state index contributed by atoms with van der Waals surface area (Å²) in [7, 11) is 0. The molecule has 0 saturated heterocycles. The van der Waals surface area contributed by atoms with Gasteiger partial charge in [0.25, 0.3) is 0 Å². The number of carboxylic acid groups (broad SMARTS) is 1. The van der Waals surface area contributed by atoms with E-state index in [9.17, 15) is 14.7 Å². The van der Waals surface area contributed by atoms with Crippen LogP contribution in [0.15, 0.2) is 54.6 Å². The van der Waals surface area contributed by atoms with Gasteiger partial charge in [-0.2, -0.15) is 0 Å². The monoisotopic (exact) mass is 349 g/mol. The summed E-state index contributed by atoms with van der Waals surface area (Å²) in [6.45, 7) is 0.362. The lowest BCUT2D eigenvalue weighted by Gasteiger charge is -2.09. The maximum Gasteiger partial charge on any atom is 0.408 e. The summed E-state index contributed by atoms with van der Waals surface area (Å²) in [5.41, 5.74) is 1.69. The third-order valence-corrected chi connectivity index (χ3v) is 4.34. The molecular formula is C21H19NO4. The summed E-state index contributed by atoms with van der Waals surface area (Å²) in [6.07, 6.45) is 0.793. The molecule has 2 aromatic rings. The molecule has 2 N–H and O–H groups in total. The Morgan fingerprint density at radius 1 is 1.12 bits per heavy atom. The minimum absolute atomic E-state index is 0.155. The van der Waals surface area contributed by atoms with Crippen molar-refractivity contribution in [3.63, 3.8) is 0 Å². The summed E-state index contributed by atoms with van der Waals surface area (Å²) in [5.74, 6) is 5.00. The molecule has 0 unspecified atom stereocenters. The van der Waals surface area contributed by atoms with Crippen LogP contribution < -0.4 is 5.32 Å². The van der Waals surface area contributed by atoms with Crippen LogP contribution in [0.2, 0.25) is 0 Å². The highest BCUT2D eigenvalue weighted by Gasteiger charge is 2.51. The molecule has 5 heteroatoms. The third-order valence-electron chi connectivity index (χ3n) is 4.34. The molecule has 1 amide bonds. The van der Waals surface area contributed by atoms with Gasteiger partial charge in [0.2, 0.25) is 0 Å². The van der Waals surface area contributed by atoms with E-state index in [2.05, 4.69) is 17.2 Å². The Hall–Kier alpha value is -3.26. The lowest BCUT2D eigenvalue weighted by molar-refractivity contribution is -0.140. The van der Waals surface area contributed by atoms with E-state index in [0.29, 0.717) is 12.8 Å². The number of carboxylic acids is 1. The molecule has 0 bridgehead atoms. The predicted molar refractivity (Wildman–Crippen MR) is 96.5 cm³/mol. The van der Waals surface area contributed by atoms with Crippen LogP contribution in [0.5, 0.6) is 0 Å². The van der Waals surface area contributed by atoms with Crippen LogP contribution >= 0.6 is 0 Å². The van der Waals surface area contributed by atoms with Crippen molar-refractivity contribution in [3.8, 4) is 11.8 Å². The molecule has 0 aliphatic heterocycles. The standard InChI is InChI=1S/C21H19NO4/c23-19(24)21(11-12-21)18-10-4-8-16(14-18)9-5-13-22-20(25)26-15-17-6-2-1-3-7-17/h1-4,6-8,10,14H,11-13,15H2,(H,22,25)(H,23,24). The highest BCUT2D eigenvalue weighted by Crippen LogP contribution is 2.48. The van der Waals surface area contributed by atoms with Gasteiger partial charge in [0.05, 0.1) is 12.0 Å². The normalized spacial score (nSPS) is 13.8. The van der Waals surface area contributed by atoms with E-state index in [1.165, 1.54) is 0 Å². The Balaban J connectivity index is 1.49. The van der Waals surface area contributed by atoms with Gasteiger partial charge in [-0.05, 0) is 36.1 Å². The highest BCUT2D eigenvalue weighted by atomic mass is 16.5. The molecule has 0 spiro atoms. The summed E-state index contributed by atoms with van der Waals surface area (Å²) in [6, 6.07) is 16.7. The number of nitrogens with one attached hydrogen (secondary N) is 1. The quantitative estimate of drug-likeness (QED) is 0.814. The maximum absolute atomic E-state index is 11.6. The second kappa shape index (κ2) is 7.75. The minimum Gasteiger partial charge on any atom is -0.481 e. The van der Waals surface area contributed by atoms with Crippen LogP contribution in [0.25, 0.3) is 0 Å². The summed E-state index contributed by atoms with van der Waals surface area (Å²) in [5, 5.41) is 11.9. The number of aliphatic carboxylic acids is 1. The van der Waals surface area contributed by atoms with Gasteiger partial charge in [-0.25, -0.2) is 4.79 Å². The first-order valence-electron chi connectivity index (χ1n) is 8.37. The van der Waals surface area contributed by atoms with Crippen LogP contribution in [0.1, 0.15) is 29.5 Å². The molecule has 2 aromatic carbocycles. The fourth-order valence-electron chi connectivity index (χ4n) is 2.68. The molecule has 1 fully saturated rings. The van der Waals surface area contributed by atoms with Crippen molar-refractivity contribution in [1.82, 2.24) is 5.32 Å². The fourth-order valence-corrected chi connectivity index (χ4v) is 2.68. The summed E-state index contributed by atoms with van der Waals surface area (Å²) >= 11 is 0. The number of benzene rings is 2. The number of carbonyl (C=O) groups is 2. The zero-order valence-corrected chi connectivity index (χ0v) is 14.2. The molecule has 26 heavy (non-hydrogen) atoms. The molecule has 0 heterocycles. The number of rotatable bonds is 5. The Kier molecular flexibility index (Phi) is 5.23. The zero-order chi connectivity index (χ0) is 18.4. The van der Waals surface area contributed by atoms with Crippen molar-refractivity contribution in [3.05, 3.63) is 71.3 Å². The van der Waals surface area contributed by atoms with Gasteiger partial charge < -0.3 is 15.2 Å². The maximum atomic E-state index is 11.6. The average molecular weight is 349 g/mol. The van der Waals surface area contributed by atoms with Crippen molar-refractivity contribution in [2.24, 2.45) is 0 Å². The van der Waals surface area contributed by atoms with Crippen LogP contribution in [0, 0.1) is 11.8 Å². The van der Waals surface area contributed by atoms with E-state index in [4.69, 9.17) is 4.74 Å². The van der Waals surface area contributed by atoms with E-state index >= 15 is 0 Å². The van der Waals surface area contributed by atoms with Gasteiger partial charge in [-0.15, -0.1) is 0 Å². The van der Waals surface area contributed by atoms with Gasteiger partial charge >= 0.3 is 12.1 Å². The molecule has 132 valence electrons. The number of amides is 1. The lowest BCUT2D eigenvalue weighted by atomic mass is 9.95. The Labute approximate surface area is 152 Å². The topological polar surface area (TPSA) is 75.6 Å². The first kappa shape index (κ1) is 17.6. The lowest BCUT2D eigenvalue weighted by Crippen LogP contribution is -2.24. The van der Waals surface area contributed by atoms with E-state index in [-0.39, 0.29) is 13.2 Å². The van der Waals surface area contributed by atoms with Gasteiger partial charge in [0.15, 0.2) is 0 Å². The predicted octanol–water partition coefficient (Wildman–Crippen LogP) is 3.08. The Morgan fingerprint density at radius 3 is 2.58 bits per heavy atom. The van der Waals surface area contributed by atoms with Crippen molar-refractivity contribution in [2.45, 2.75) is 24.9 Å². The first-order valence-corrected chi connectivity index (χ1v) is 8.37.